The van der Waals surface area contributed by atoms with Crippen LogP contribution in [-0.2, 0) is 16.1 Å². The Labute approximate surface area is 129 Å². The van der Waals surface area contributed by atoms with Crippen molar-refractivity contribution in [2.75, 3.05) is 33.2 Å². The number of carbonyl (C=O) groups is 2. The number of carboxylic acid groups (broad SMARTS) is 1. The van der Waals surface area contributed by atoms with Gasteiger partial charge in [0.25, 0.3) is 0 Å². The molecule has 0 saturated carbocycles. The van der Waals surface area contributed by atoms with Gasteiger partial charge in [-0.2, -0.15) is 0 Å². The summed E-state index contributed by atoms with van der Waals surface area (Å²) < 4.78 is 0. The number of amides is 1. The van der Waals surface area contributed by atoms with Gasteiger partial charge in [0.1, 0.15) is 6.04 Å². The van der Waals surface area contributed by atoms with Gasteiger partial charge >= 0.3 is 12.1 Å². The largest absolute Gasteiger partial charge is 0.480 e. The van der Waals surface area contributed by atoms with E-state index in [9.17, 15) is 14.7 Å². The normalized spacial score (nSPS) is 17.0. The number of benzene rings is 1. The van der Waals surface area contributed by atoms with Crippen molar-refractivity contribution >= 4 is 12.1 Å². The smallest absolute Gasteiger partial charge is 0.428 e. The molecule has 1 heterocycles. The first kappa shape index (κ1) is 16.3. The SMILES string of the molecule is CN1CCN(C(=O)ON[C@@H](Cc2ccccc2)C(=O)O)CC1. The van der Waals surface area contributed by atoms with Crippen LogP contribution in [0, 0.1) is 0 Å². The van der Waals surface area contributed by atoms with E-state index in [2.05, 4.69) is 10.4 Å². The second-order valence-electron chi connectivity index (χ2n) is 5.36. The molecule has 7 heteroatoms. The van der Waals surface area contributed by atoms with Crippen LogP contribution in [0.4, 0.5) is 4.79 Å². The number of nitrogens with one attached hydrogen (secondary N) is 1. The Bertz CT molecular complexity index is 501. The fraction of sp³-hybridized carbons (Fsp3) is 0.467. The Morgan fingerprint density at radius 2 is 1.86 bits per heavy atom. The van der Waals surface area contributed by atoms with E-state index in [0.717, 1.165) is 18.7 Å². The second kappa shape index (κ2) is 7.77. The molecule has 1 amide bonds. The number of hydrogen-bond acceptors (Lipinski definition) is 5. The van der Waals surface area contributed by atoms with E-state index >= 15 is 0 Å². The molecule has 0 spiro atoms. The Balaban J connectivity index is 1.84. The molecule has 0 aliphatic carbocycles. The molecule has 2 N–H and O–H groups in total. The number of carboxylic acids is 1. The Kier molecular flexibility index (Phi) is 5.74. The van der Waals surface area contributed by atoms with Gasteiger partial charge in [-0.3, -0.25) is 4.79 Å². The molecular formula is C15H21N3O4. The van der Waals surface area contributed by atoms with Crippen LogP contribution in [0.25, 0.3) is 0 Å². The molecule has 0 unspecified atom stereocenters. The molecule has 22 heavy (non-hydrogen) atoms. The summed E-state index contributed by atoms with van der Waals surface area (Å²) in [6, 6.07) is 8.23. The Morgan fingerprint density at radius 3 is 2.45 bits per heavy atom. The molecular weight excluding hydrogens is 286 g/mol. The standard InChI is InChI=1S/C15H21N3O4/c1-17-7-9-18(10-8-17)15(21)22-16-13(14(19)20)11-12-5-3-2-4-6-12/h2-6,13,16H,7-11H2,1H3,(H,19,20)/t13-/m0/s1. The number of carbonyl (C=O) groups excluding carboxylic acids is 1. The van der Waals surface area contributed by atoms with Crippen LogP contribution in [0.15, 0.2) is 30.3 Å². The lowest BCUT2D eigenvalue weighted by atomic mass is 10.1. The summed E-state index contributed by atoms with van der Waals surface area (Å²) in [7, 11) is 1.99. The zero-order chi connectivity index (χ0) is 15.9. The number of likely N-dealkylation sites (N-methyl/N-ethyl adjacent to an activating group) is 1. The number of nitrogens with zero attached hydrogens (tertiary/aromatic N) is 2. The van der Waals surface area contributed by atoms with Crippen molar-refractivity contribution in [1.29, 1.82) is 0 Å². The molecule has 7 nitrogen and oxygen atoms in total. The van der Waals surface area contributed by atoms with Crippen LogP contribution in [0.1, 0.15) is 5.56 Å². The summed E-state index contributed by atoms with van der Waals surface area (Å²) in [5.74, 6) is -1.06. The van der Waals surface area contributed by atoms with Crippen molar-refractivity contribution < 1.29 is 19.5 Å². The minimum absolute atomic E-state index is 0.242. The summed E-state index contributed by atoms with van der Waals surface area (Å²) in [5, 5.41) is 9.22. The molecule has 0 aromatic heterocycles. The average molecular weight is 307 g/mol. The van der Waals surface area contributed by atoms with Gasteiger partial charge in [0.15, 0.2) is 0 Å². The van der Waals surface area contributed by atoms with Gasteiger partial charge in [-0.1, -0.05) is 30.3 Å². The van der Waals surface area contributed by atoms with E-state index in [1.54, 1.807) is 4.90 Å². The first-order valence-electron chi connectivity index (χ1n) is 7.23. The third-order valence-corrected chi connectivity index (χ3v) is 3.63. The lowest BCUT2D eigenvalue weighted by molar-refractivity contribution is -0.142. The molecule has 0 radical (unpaired) electrons. The van der Waals surface area contributed by atoms with Crippen LogP contribution in [-0.4, -0.2) is 66.2 Å². The fourth-order valence-corrected chi connectivity index (χ4v) is 2.20. The minimum Gasteiger partial charge on any atom is -0.480 e. The van der Waals surface area contributed by atoms with E-state index in [4.69, 9.17) is 4.84 Å². The van der Waals surface area contributed by atoms with Crippen molar-refractivity contribution in [3.8, 4) is 0 Å². The molecule has 1 aliphatic rings. The summed E-state index contributed by atoms with van der Waals surface area (Å²) in [6.45, 7) is 2.71. The maximum atomic E-state index is 11.9. The number of aliphatic carboxylic acids is 1. The van der Waals surface area contributed by atoms with Crippen LogP contribution in [0.2, 0.25) is 0 Å². The van der Waals surface area contributed by atoms with Gasteiger partial charge < -0.3 is 19.7 Å². The summed E-state index contributed by atoms with van der Waals surface area (Å²) in [4.78, 5) is 31.8. The number of piperazine rings is 1. The monoisotopic (exact) mass is 307 g/mol. The van der Waals surface area contributed by atoms with Crippen molar-refractivity contribution in [3.05, 3.63) is 35.9 Å². The van der Waals surface area contributed by atoms with E-state index in [1.165, 1.54) is 0 Å². The molecule has 1 aliphatic heterocycles. The van der Waals surface area contributed by atoms with E-state index in [0.29, 0.717) is 13.1 Å². The van der Waals surface area contributed by atoms with Gasteiger partial charge in [0.05, 0.1) is 0 Å². The molecule has 1 atom stereocenters. The highest BCUT2D eigenvalue weighted by Crippen LogP contribution is 2.05. The number of rotatable bonds is 5. The lowest BCUT2D eigenvalue weighted by Crippen LogP contribution is -2.50. The van der Waals surface area contributed by atoms with Crippen molar-refractivity contribution in [1.82, 2.24) is 15.3 Å². The molecule has 1 fully saturated rings. The zero-order valence-electron chi connectivity index (χ0n) is 12.6. The van der Waals surface area contributed by atoms with E-state index in [-0.39, 0.29) is 6.42 Å². The fourth-order valence-electron chi connectivity index (χ4n) is 2.20. The molecule has 2 rings (SSSR count). The van der Waals surface area contributed by atoms with Crippen LogP contribution in [0.3, 0.4) is 0 Å². The third kappa shape index (κ3) is 4.71. The lowest BCUT2D eigenvalue weighted by Gasteiger charge is -2.31. The van der Waals surface area contributed by atoms with Crippen LogP contribution >= 0.6 is 0 Å². The van der Waals surface area contributed by atoms with Gasteiger partial charge in [0.2, 0.25) is 0 Å². The minimum atomic E-state index is -1.06. The van der Waals surface area contributed by atoms with Crippen LogP contribution in [0.5, 0.6) is 0 Å². The first-order valence-corrected chi connectivity index (χ1v) is 7.23. The summed E-state index contributed by atoms with van der Waals surface area (Å²) >= 11 is 0. The van der Waals surface area contributed by atoms with Gasteiger partial charge in [-0.05, 0) is 12.6 Å². The highest BCUT2D eigenvalue weighted by atomic mass is 16.7. The van der Waals surface area contributed by atoms with Crippen molar-refractivity contribution in [2.45, 2.75) is 12.5 Å². The Hall–Kier alpha value is -2.12. The molecule has 1 saturated heterocycles. The average Bonchev–Trinajstić information content (AvgIpc) is 2.52. The zero-order valence-corrected chi connectivity index (χ0v) is 12.6. The number of hydroxylamine groups is 1. The summed E-state index contributed by atoms with van der Waals surface area (Å²) in [6.07, 6.45) is -0.293. The predicted molar refractivity (Wildman–Crippen MR) is 80.3 cm³/mol. The molecule has 1 aromatic carbocycles. The highest BCUT2D eigenvalue weighted by molar-refractivity contribution is 5.74. The van der Waals surface area contributed by atoms with Gasteiger partial charge in [-0.25, -0.2) is 4.79 Å². The van der Waals surface area contributed by atoms with E-state index in [1.807, 2.05) is 37.4 Å². The quantitative estimate of drug-likeness (QED) is 0.774. The number of hydrogen-bond donors (Lipinski definition) is 2. The maximum absolute atomic E-state index is 11.9. The first-order chi connectivity index (χ1) is 10.6. The molecule has 0 bridgehead atoms. The van der Waals surface area contributed by atoms with Crippen molar-refractivity contribution in [2.24, 2.45) is 0 Å². The summed E-state index contributed by atoms with van der Waals surface area (Å²) in [5.41, 5.74) is 3.23. The Morgan fingerprint density at radius 1 is 1.23 bits per heavy atom. The molecule has 1 aromatic rings. The predicted octanol–water partition coefficient (Wildman–Crippen LogP) is 0.571. The van der Waals surface area contributed by atoms with Gasteiger partial charge in [-0.15, -0.1) is 5.48 Å². The highest BCUT2D eigenvalue weighted by Gasteiger charge is 2.24. The second-order valence-corrected chi connectivity index (χ2v) is 5.36. The van der Waals surface area contributed by atoms with Crippen molar-refractivity contribution in [3.63, 3.8) is 0 Å². The topological polar surface area (TPSA) is 82.1 Å². The van der Waals surface area contributed by atoms with Gasteiger partial charge in [0, 0.05) is 32.6 Å². The third-order valence-electron chi connectivity index (χ3n) is 3.63. The molecule has 120 valence electrons. The maximum Gasteiger partial charge on any atom is 0.428 e. The van der Waals surface area contributed by atoms with Crippen LogP contribution < -0.4 is 5.48 Å². The van der Waals surface area contributed by atoms with E-state index < -0.39 is 18.1 Å².